The molecule has 0 spiro atoms. The molecule has 0 aliphatic carbocycles. The molecule has 1 saturated heterocycles. The lowest BCUT2D eigenvalue weighted by molar-refractivity contribution is -0.0229. The van der Waals surface area contributed by atoms with Crippen molar-refractivity contribution in [3.05, 3.63) is 0 Å². The molecule has 0 aromatic heterocycles. The lowest BCUT2D eigenvalue weighted by Crippen LogP contribution is -2.63. The maximum Gasteiger partial charge on any atom is 0.216 e. The highest BCUT2D eigenvalue weighted by Gasteiger charge is 2.51. The SMILES string of the molecule is CC(C)C1(C(C)C)CN(S(=O)(=O)C(C)C)C1. The zero-order valence-corrected chi connectivity index (χ0v) is 12.1. The van der Waals surface area contributed by atoms with E-state index in [2.05, 4.69) is 27.7 Å². The van der Waals surface area contributed by atoms with Crippen molar-refractivity contribution >= 4 is 10.0 Å². The second kappa shape index (κ2) is 4.30. The fourth-order valence-electron chi connectivity index (χ4n) is 2.49. The Morgan fingerprint density at radius 3 is 1.56 bits per heavy atom. The van der Waals surface area contributed by atoms with E-state index in [0.29, 0.717) is 24.9 Å². The molecule has 0 radical (unpaired) electrons. The molecule has 1 heterocycles. The van der Waals surface area contributed by atoms with E-state index in [-0.39, 0.29) is 10.7 Å². The summed E-state index contributed by atoms with van der Waals surface area (Å²) in [7, 11) is -3.04. The van der Waals surface area contributed by atoms with E-state index in [1.807, 2.05) is 0 Å². The van der Waals surface area contributed by atoms with Crippen molar-refractivity contribution in [2.75, 3.05) is 13.1 Å². The van der Waals surface area contributed by atoms with Gasteiger partial charge in [-0.15, -0.1) is 0 Å². The fraction of sp³-hybridized carbons (Fsp3) is 1.00. The van der Waals surface area contributed by atoms with Crippen molar-refractivity contribution in [1.82, 2.24) is 4.31 Å². The molecule has 16 heavy (non-hydrogen) atoms. The lowest BCUT2D eigenvalue weighted by Gasteiger charge is -2.55. The number of hydrogen-bond donors (Lipinski definition) is 0. The molecule has 0 aromatic carbocycles. The van der Waals surface area contributed by atoms with Gasteiger partial charge in [-0.3, -0.25) is 0 Å². The Balaban J connectivity index is 2.80. The maximum absolute atomic E-state index is 12.0. The smallest absolute Gasteiger partial charge is 0.212 e. The van der Waals surface area contributed by atoms with Crippen molar-refractivity contribution in [3.63, 3.8) is 0 Å². The van der Waals surface area contributed by atoms with E-state index in [9.17, 15) is 8.42 Å². The summed E-state index contributed by atoms with van der Waals surface area (Å²) in [5, 5.41) is -0.301. The molecule has 0 saturated carbocycles. The Hall–Kier alpha value is -0.0900. The van der Waals surface area contributed by atoms with Crippen LogP contribution in [0.4, 0.5) is 0 Å². The van der Waals surface area contributed by atoms with Crippen LogP contribution in [0.1, 0.15) is 41.5 Å². The van der Waals surface area contributed by atoms with Crippen LogP contribution in [0.25, 0.3) is 0 Å². The Labute approximate surface area is 100 Å². The van der Waals surface area contributed by atoms with Crippen LogP contribution in [0, 0.1) is 17.3 Å². The Morgan fingerprint density at radius 1 is 0.938 bits per heavy atom. The first-order valence-corrected chi connectivity index (χ1v) is 7.64. The molecular formula is C12H25NO2S. The highest BCUT2D eigenvalue weighted by atomic mass is 32.2. The van der Waals surface area contributed by atoms with E-state index >= 15 is 0 Å². The average molecular weight is 247 g/mol. The predicted octanol–water partition coefficient (Wildman–Crippen LogP) is 2.34. The summed E-state index contributed by atoms with van der Waals surface area (Å²) in [5.74, 6) is 1.07. The molecule has 96 valence electrons. The van der Waals surface area contributed by atoms with Gasteiger partial charge in [-0.05, 0) is 25.7 Å². The Bertz CT molecular complexity index is 328. The van der Waals surface area contributed by atoms with Gasteiger partial charge in [-0.2, -0.15) is 0 Å². The molecule has 0 atom stereocenters. The first-order valence-electron chi connectivity index (χ1n) is 6.13. The number of rotatable bonds is 4. The summed E-state index contributed by atoms with van der Waals surface area (Å²) in [5.41, 5.74) is 0.183. The van der Waals surface area contributed by atoms with Gasteiger partial charge in [0.25, 0.3) is 0 Å². The van der Waals surface area contributed by atoms with Gasteiger partial charge in [-0.1, -0.05) is 27.7 Å². The highest BCUT2D eigenvalue weighted by Crippen LogP contribution is 2.45. The van der Waals surface area contributed by atoms with Crippen LogP contribution in [-0.2, 0) is 10.0 Å². The minimum Gasteiger partial charge on any atom is -0.212 e. The zero-order chi connectivity index (χ0) is 12.7. The van der Waals surface area contributed by atoms with Gasteiger partial charge in [0.1, 0.15) is 0 Å². The molecule has 1 aliphatic heterocycles. The second-order valence-corrected chi connectivity index (χ2v) is 8.39. The molecule has 4 heteroatoms. The largest absolute Gasteiger partial charge is 0.216 e. The number of hydrogen-bond acceptors (Lipinski definition) is 2. The van der Waals surface area contributed by atoms with Crippen LogP contribution in [0.5, 0.6) is 0 Å². The van der Waals surface area contributed by atoms with Crippen LogP contribution in [-0.4, -0.2) is 31.1 Å². The van der Waals surface area contributed by atoms with Gasteiger partial charge in [-0.25, -0.2) is 12.7 Å². The van der Waals surface area contributed by atoms with Crippen LogP contribution >= 0.6 is 0 Å². The van der Waals surface area contributed by atoms with Crippen LogP contribution in [0.2, 0.25) is 0 Å². The van der Waals surface area contributed by atoms with E-state index in [0.717, 1.165) is 0 Å². The summed E-state index contributed by atoms with van der Waals surface area (Å²) in [6, 6.07) is 0. The molecule has 1 rings (SSSR count). The van der Waals surface area contributed by atoms with Crippen molar-refractivity contribution in [1.29, 1.82) is 0 Å². The van der Waals surface area contributed by atoms with Crippen molar-refractivity contribution in [2.45, 2.75) is 46.8 Å². The van der Waals surface area contributed by atoms with Gasteiger partial charge in [0.15, 0.2) is 0 Å². The molecule has 0 amide bonds. The molecule has 3 nitrogen and oxygen atoms in total. The average Bonchev–Trinajstić information content (AvgIpc) is 1.98. The molecular weight excluding hydrogens is 222 g/mol. The highest BCUT2D eigenvalue weighted by molar-refractivity contribution is 7.89. The predicted molar refractivity (Wildman–Crippen MR) is 67.7 cm³/mol. The number of sulfonamides is 1. The third-order valence-corrected chi connectivity index (χ3v) is 6.37. The quantitative estimate of drug-likeness (QED) is 0.764. The summed E-state index contributed by atoms with van der Waals surface area (Å²) in [4.78, 5) is 0. The molecule has 1 aliphatic rings. The number of nitrogens with zero attached hydrogens (tertiary/aromatic N) is 1. The standard InChI is InChI=1S/C12H25NO2S/c1-9(2)12(10(3)4)7-13(8-12)16(14,15)11(5)6/h9-11H,7-8H2,1-6H3. The fourth-order valence-corrected chi connectivity index (χ4v) is 3.92. The molecule has 0 bridgehead atoms. The first-order chi connectivity index (χ1) is 7.14. The van der Waals surface area contributed by atoms with Gasteiger partial charge in [0.05, 0.1) is 5.25 Å². The van der Waals surface area contributed by atoms with Crippen LogP contribution in [0.3, 0.4) is 0 Å². The van der Waals surface area contributed by atoms with E-state index in [4.69, 9.17) is 0 Å². The summed E-state index contributed by atoms with van der Waals surface area (Å²) in [6.45, 7) is 13.7. The molecule has 0 aromatic rings. The van der Waals surface area contributed by atoms with E-state index in [1.165, 1.54) is 0 Å². The summed E-state index contributed by atoms with van der Waals surface area (Å²) >= 11 is 0. The minimum absolute atomic E-state index is 0.183. The molecule has 0 N–H and O–H groups in total. The van der Waals surface area contributed by atoms with Gasteiger partial charge in [0.2, 0.25) is 10.0 Å². The first kappa shape index (κ1) is 14.0. The van der Waals surface area contributed by atoms with Crippen molar-refractivity contribution in [3.8, 4) is 0 Å². The van der Waals surface area contributed by atoms with Gasteiger partial charge < -0.3 is 0 Å². The maximum atomic E-state index is 12.0. The van der Waals surface area contributed by atoms with Crippen LogP contribution in [0.15, 0.2) is 0 Å². The third-order valence-electron chi connectivity index (χ3n) is 4.20. The third kappa shape index (κ3) is 2.02. The topological polar surface area (TPSA) is 37.4 Å². The van der Waals surface area contributed by atoms with Crippen molar-refractivity contribution in [2.24, 2.45) is 17.3 Å². The van der Waals surface area contributed by atoms with Crippen molar-refractivity contribution < 1.29 is 8.42 Å². The monoisotopic (exact) mass is 247 g/mol. The summed E-state index contributed by atoms with van der Waals surface area (Å²) in [6.07, 6.45) is 0. The van der Waals surface area contributed by atoms with Crippen LogP contribution < -0.4 is 0 Å². The molecule has 0 unspecified atom stereocenters. The van der Waals surface area contributed by atoms with Gasteiger partial charge in [0, 0.05) is 18.5 Å². The minimum atomic E-state index is -3.04. The normalized spacial score (nSPS) is 21.8. The Morgan fingerprint density at radius 2 is 1.31 bits per heavy atom. The second-order valence-electron chi connectivity index (χ2n) is 5.90. The Kier molecular flexibility index (Phi) is 3.75. The van der Waals surface area contributed by atoms with Gasteiger partial charge >= 0.3 is 0 Å². The lowest BCUT2D eigenvalue weighted by atomic mass is 9.65. The van der Waals surface area contributed by atoms with E-state index < -0.39 is 10.0 Å². The molecule has 1 fully saturated rings. The zero-order valence-electron chi connectivity index (χ0n) is 11.3. The summed E-state index contributed by atoms with van der Waals surface area (Å²) < 4.78 is 25.6. The van der Waals surface area contributed by atoms with E-state index in [1.54, 1.807) is 18.2 Å².